The smallest absolute Gasteiger partial charge is 0.267 e. The van der Waals surface area contributed by atoms with Crippen LogP contribution in [0.25, 0.3) is 21.8 Å². The standard InChI is InChI=1S/C12H9BrN4O/c13-5-1-2-7-6(3-5)10-8(16-7)4-9(12(15)18)17-11(10)14/h1-4,16H,(H2,14,17)(H2,15,18). The predicted molar refractivity (Wildman–Crippen MR) is 74.2 cm³/mol. The Morgan fingerprint density at radius 3 is 2.78 bits per heavy atom. The van der Waals surface area contributed by atoms with Gasteiger partial charge < -0.3 is 16.5 Å². The molecule has 0 fully saturated rings. The Hall–Kier alpha value is -2.08. The van der Waals surface area contributed by atoms with Crippen LogP contribution in [-0.2, 0) is 0 Å². The minimum absolute atomic E-state index is 0.158. The molecule has 1 aromatic carbocycles. The van der Waals surface area contributed by atoms with Crippen molar-refractivity contribution in [1.82, 2.24) is 9.97 Å². The number of amides is 1. The van der Waals surface area contributed by atoms with Crippen LogP contribution in [0.3, 0.4) is 0 Å². The normalized spacial score (nSPS) is 11.2. The van der Waals surface area contributed by atoms with Crippen molar-refractivity contribution < 1.29 is 4.79 Å². The molecule has 0 bridgehead atoms. The Kier molecular flexibility index (Phi) is 2.27. The highest BCUT2D eigenvalue weighted by Crippen LogP contribution is 2.31. The molecular weight excluding hydrogens is 296 g/mol. The molecule has 6 heteroatoms. The molecule has 2 aromatic heterocycles. The van der Waals surface area contributed by atoms with Crippen molar-refractivity contribution in [2.45, 2.75) is 0 Å². The Balaban J connectivity index is 2.47. The lowest BCUT2D eigenvalue weighted by Gasteiger charge is -2.00. The molecule has 2 heterocycles. The van der Waals surface area contributed by atoms with Gasteiger partial charge >= 0.3 is 0 Å². The number of benzene rings is 1. The molecule has 3 rings (SSSR count). The topological polar surface area (TPSA) is 97.8 Å². The number of aromatic nitrogens is 2. The minimum Gasteiger partial charge on any atom is -0.383 e. The van der Waals surface area contributed by atoms with E-state index in [4.69, 9.17) is 11.5 Å². The van der Waals surface area contributed by atoms with Crippen LogP contribution in [0, 0.1) is 0 Å². The van der Waals surface area contributed by atoms with Gasteiger partial charge in [0.15, 0.2) is 0 Å². The zero-order chi connectivity index (χ0) is 12.9. The van der Waals surface area contributed by atoms with Crippen LogP contribution < -0.4 is 11.5 Å². The molecular formula is C12H9BrN4O. The number of hydrogen-bond donors (Lipinski definition) is 3. The van der Waals surface area contributed by atoms with E-state index < -0.39 is 5.91 Å². The average Bonchev–Trinajstić information content (AvgIpc) is 2.66. The number of nitrogens with two attached hydrogens (primary N) is 2. The minimum atomic E-state index is -0.594. The van der Waals surface area contributed by atoms with E-state index >= 15 is 0 Å². The maximum Gasteiger partial charge on any atom is 0.267 e. The number of nitrogen functional groups attached to an aromatic ring is 1. The Morgan fingerprint density at radius 1 is 1.28 bits per heavy atom. The highest BCUT2D eigenvalue weighted by molar-refractivity contribution is 9.10. The Morgan fingerprint density at radius 2 is 2.06 bits per heavy atom. The fourth-order valence-electron chi connectivity index (χ4n) is 2.05. The molecule has 3 aromatic rings. The number of aromatic amines is 1. The largest absolute Gasteiger partial charge is 0.383 e. The number of nitrogens with one attached hydrogen (secondary N) is 1. The number of primary amides is 1. The third kappa shape index (κ3) is 1.53. The zero-order valence-corrected chi connectivity index (χ0v) is 10.8. The molecule has 0 atom stereocenters. The summed E-state index contributed by atoms with van der Waals surface area (Å²) in [6.45, 7) is 0. The number of anilines is 1. The Labute approximate surface area is 110 Å². The summed E-state index contributed by atoms with van der Waals surface area (Å²) in [5.74, 6) is -0.297. The monoisotopic (exact) mass is 304 g/mol. The van der Waals surface area contributed by atoms with Crippen molar-refractivity contribution in [2.24, 2.45) is 5.73 Å². The molecule has 5 N–H and O–H groups in total. The summed E-state index contributed by atoms with van der Waals surface area (Å²) in [6, 6.07) is 7.43. The van der Waals surface area contributed by atoms with E-state index in [0.29, 0.717) is 5.82 Å². The van der Waals surface area contributed by atoms with Crippen molar-refractivity contribution in [3.8, 4) is 0 Å². The van der Waals surface area contributed by atoms with Gasteiger partial charge in [-0.15, -0.1) is 0 Å². The lowest BCUT2D eigenvalue weighted by Crippen LogP contribution is -2.13. The second-order valence-corrected chi connectivity index (χ2v) is 4.91. The van der Waals surface area contributed by atoms with Gasteiger partial charge in [-0.25, -0.2) is 4.98 Å². The van der Waals surface area contributed by atoms with Crippen LogP contribution in [0.5, 0.6) is 0 Å². The van der Waals surface area contributed by atoms with E-state index in [1.165, 1.54) is 0 Å². The summed E-state index contributed by atoms with van der Waals surface area (Å²) in [5, 5.41) is 1.76. The molecule has 0 spiro atoms. The summed E-state index contributed by atoms with van der Waals surface area (Å²) in [6.07, 6.45) is 0. The number of carbonyl (C=O) groups is 1. The third-order valence-electron chi connectivity index (χ3n) is 2.82. The average molecular weight is 305 g/mol. The van der Waals surface area contributed by atoms with Crippen molar-refractivity contribution in [2.75, 3.05) is 5.73 Å². The first kappa shape index (κ1) is 11.0. The molecule has 18 heavy (non-hydrogen) atoms. The highest BCUT2D eigenvalue weighted by atomic mass is 79.9. The first-order valence-corrected chi connectivity index (χ1v) is 6.03. The molecule has 0 aliphatic carbocycles. The van der Waals surface area contributed by atoms with Crippen molar-refractivity contribution >= 4 is 49.5 Å². The van der Waals surface area contributed by atoms with Gasteiger partial charge in [-0.05, 0) is 24.3 Å². The lowest BCUT2D eigenvalue weighted by atomic mass is 10.1. The molecule has 0 saturated carbocycles. The van der Waals surface area contributed by atoms with Crippen molar-refractivity contribution in [3.05, 3.63) is 34.4 Å². The molecule has 0 aliphatic rings. The van der Waals surface area contributed by atoms with E-state index in [1.807, 2.05) is 18.2 Å². The van der Waals surface area contributed by atoms with Crippen LogP contribution in [0.15, 0.2) is 28.7 Å². The summed E-state index contributed by atoms with van der Waals surface area (Å²) in [7, 11) is 0. The van der Waals surface area contributed by atoms with Gasteiger partial charge in [-0.3, -0.25) is 4.79 Å². The maximum absolute atomic E-state index is 11.1. The van der Waals surface area contributed by atoms with Crippen LogP contribution in [0.4, 0.5) is 5.82 Å². The molecule has 0 saturated heterocycles. The number of nitrogens with zero attached hydrogens (tertiary/aromatic N) is 1. The first-order valence-electron chi connectivity index (χ1n) is 5.23. The van der Waals surface area contributed by atoms with Crippen molar-refractivity contribution in [1.29, 1.82) is 0 Å². The van der Waals surface area contributed by atoms with Crippen LogP contribution in [0.1, 0.15) is 10.5 Å². The quantitative estimate of drug-likeness (QED) is 0.642. The van der Waals surface area contributed by atoms with E-state index in [9.17, 15) is 4.79 Å². The number of halogens is 1. The van der Waals surface area contributed by atoms with Gasteiger partial charge in [-0.1, -0.05) is 15.9 Å². The summed E-state index contributed by atoms with van der Waals surface area (Å²) >= 11 is 3.42. The molecule has 1 amide bonds. The summed E-state index contributed by atoms with van der Waals surface area (Å²) in [5.41, 5.74) is 13.0. The fraction of sp³-hybridized carbons (Fsp3) is 0. The van der Waals surface area contributed by atoms with E-state index in [-0.39, 0.29) is 5.69 Å². The van der Waals surface area contributed by atoms with Gasteiger partial charge in [0.25, 0.3) is 5.91 Å². The molecule has 5 nitrogen and oxygen atoms in total. The van der Waals surface area contributed by atoms with Crippen LogP contribution in [-0.4, -0.2) is 15.9 Å². The first-order chi connectivity index (χ1) is 8.56. The van der Waals surface area contributed by atoms with E-state index in [1.54, 1.807) is 6.07 Å². The van der Waals surface area contributed by atoms with Gasteiger partial charge in [0.1, 0.15) is 11.5 Å². The van der Waals surface area contributed by atoms with E-state index in [0.717, 1.165) is 26.3 Å². The lowest BCUT2D eigenvalue weighted by molar-refractivity contribution is 0.0996. The zero-order valence-electron chi connectivity index (χ0n) is 9.20. The Bertz CT molecular complexity index is 793. The number of rotatable bonds is 1. The molecule has 0 aliphatic heterocycles. The van der Waals surface area contributed by atoms with E-state index in [2.05, 4.69) is 25.9 Å². The number of pyridine rings is 1. The van der Waals surface area contributed by atoms with Crippen LogP contribution in [0.2, 0.25) is 0 Å². The maximum atomic E-state index is 11.1. The summed E-state index contributed by atoms with van der Waals surface area (Å²) in [4.78, 5) is 18.4. The number of fused-ring (bicyclic) bond motifs is 3. The fourth-order valence-corrected chi connectivity index (χ4v) is 2.41. The van der Waals surface area contributed by atoms with Crippen molar-refractivity contribution in [3.63, 3.8) is 0 Å². The molecule has 0 radical (unpaired) electrons. The van der Waals surface area contributed by atoms with Gasteiger partial charge in [0.2, 0.25) is 0 Å². The molecule has 90 valence electrons. The number of hydrogen-bond acceptors (Lipinski definition) is 3. The SMILES string of the molecule is NC(=O)c1cc2[nH]c3ccc(Br)cc3c2c(N)n1. The third-order valence-corrected chi connectivity index (χ3v) is 3.31. The van der Waals surface area contributed by atoms with Crippen LogP contribution >= 0.6 is 15.9 Å². The highest BCUT2D eigenvalue weighted by Gasteiger charge is 2.12. The van der Waals surface area contributed by atoms with Gasteiger partial charge in [0.05, 0.1) is 5.52 Å². The summed E-state index contributed by atoms with van der Waals surface area (Å²) < 4.78 is 0.953. The van der Waals surface area contributed by atoms with Gasteiger partial charge in [-0.2, -0.15) is 0 Å². The number of carbonyl (C=O) groups excluding carboxylic acids is 1. The second-order valence-electron chi connectivity index (χ2n) is 3.99. The second kappa shape index (κ2) is 3.71. The predicted octanol–water partition coefficient (Wildman–Crippen LogP) is 2.16. The number of H-pyrrole nitrogens is 1. The molecule has 0 unspecified atom stereocenters. The van der Waals surface area contributed by atoms with Gasteiger partial charge in [0, 0.05) is 20.8 Å².